The van der Waals surface area contributed by atoms with E-state index >= 15 is 0 Å². The first-order valence-corrected chi connectivity index (χ1v) is 13.0. The molecule has 1 aliphatic heterocycles. The number of likely N-dealkylation sites (N-methyl/N-ethyl adjacent to an activating group) is 1. The van der Waals surface area contributed by atoms with Gasteiger partial charge in [-0.05, 0) is 32.0 Å². The van der Waals surface area contributed by atoms with Crippen molar-refractivity contribution in [2.45, 2.75) is 32.9 Å². The van der Waals surface area contributed by atoms with Gasteiger partial charge in [0.15, 0.2) is 6.29 Å². The number of hydrogen-bond acceptors (Lipinski definition) is 9. The Morgan fingerprint density at radius 2 is 2.15 bits per heavy atom. The van der Waals surface area contributed by atoms with Crippen molar-refractivity contribution in [3.8, 4) is 6.07 Å². The van der Waals surface area contributed by atoms with Crippen LogP contribution in [0.5, 0.6) is 0 Å². The second-order valence-corrected chi connectivity index (χ2v) is 9.51. The molecule has 0 spiro atoms. The van der Waals surface area contributed by atoms with Gasteiger partial charge >= 0.3 is 6.03 Å². The molecular weight excluding hydrogens is 519 g/mol. The van der Waals surface area contributed by atoms with Gasteiger partial charge in [-0.25, -0.2) is 19.2 Å². The number of urea groups is 1. The highest BCUT2D eigenvalue weighted by Gasteiger charge is 2.29. The average Bonchev–Trinajstić information content (AvgIpc) is 2.94. The Morgan fingerprint density at radius 1 is 1.38 bits per heavy atom. The highest BCUT2D eigenvalue weighted by Crippen LogP contribution is 2.26. The molecule has 2 aromatic heterocycles. The number of halogens is 1. The number of nitriles is 1. The summed E-state index contributed by atoms with van der Waals surface area (Å²) in [7, 11) is 3.42. The van der Waals surface area contributed by atoms with Crippen LogP contribution < -0.4 is 15.5 Å². The van der Waals surface area contributed by atoms with E-state index in [0.29, 0.717) is 49.3 Å². The van der Waals surface area contributed by atoms with Crippen LogP contribution in [0.2, 0.25) is 0 Å². The molecule has 0 radical (unpaired) electrons. The molecule has 40 heavy (non-hydrogen) atoms. The fraction of sp³-hybridized carbons (Fsp3) is 0.481. The zero-order valence-corrected chi connectivity index (χ0v) is 23.2. The number of methoxy groups -OCH3 is 1. The van der Waals surface area contributed by atoms with Gasteiger partial charge in [-0.2, -0.15) is 5.26 Å². The van der Waals surface area contributed by atoms with E-state index in [2.05, 4.69) is 20.6 Å². The number of ether oxygens (including phenoxy) is 1. The van der Waals surface area contributed by atoms with Crippen LogP contribution in [0.4, 0.5) is 26.5 Å². The van der Waals surface area contributed by atoms with Crippen molar-refractivity contribution < 1.29 is 23.5 Å². The van der Waals surface area contributed by atoms with E-state index in [0.717, 1.165) is 0 Å². The predicted molar refractivity (Wildman–Crippen MR) is 148 cm³/mol. The van der Waals surface area contributed by atoms with Crippen molar-refractivity contribution in [3.05, 3.63) is 40.7 Å². The van der Waals surface area contributed by atoms with E-state index in [-0.39, 0.29) is 48.3 Å². The van der Waals surface area contributed by atoms with Gasteiger partial charge in [0.05, 0.1) is 30.4 Å². The first-order valence-electron chi connectivity index (χ1n) is 13.0. The van der Waals surface area contributed by atoms with Gasteiger partial charge in [-0.3, -0.25) is 24.7 Å². The largest absolute Gasteiger partial charge is 0.383 e. The first kappa shape index (κ1) is 30.4. The lowest BCUT2D eigenvalue weighted by atomic mass is 10.1. The smallest absolute Gasteiger partial charge is 0.329 e. The maximum Gasteiger partial charge on any atom is 0.329 e. The Hall–Kier alpha value is -4.15. The molecule has 3 amide bonds. The zero-order chi connectivity index (χ0) is 29.2. The molecule has 13 heteroatoms. The number of carbonyl (C=O) groups is 3. The van der Waals surface area contributed by atoms with E-state index in [4.69, 9.17) is 4.74 Å². The summed E-state index contributed by atoms with van der Waals surface area (Å²) in [4.78, 5) is 51.4. The zero-order valence-electron chi connectivity index (χ0n) is 23.2. The van der Waals surface area contributed by atoms with Gasteiger partial charge in [-0.15, -0.1) is 0 Å². The van der Waals surface area contributed by atoms with Crippen LogP contribution >= 0.6 is 0 Å². The normalized spacial score (nSPS) is 14.4. The lowest BCUT2D eigenvalue weighted by Gasteiger charge is -2.33. The number of piperazine rings is 1. The third kappa shape index (κ3) is 7.28. The molecule has 1 atom stereocenters. The Balaban J connectivity index is 1.92. The predicted octanol–water partition coefficient (Wildman–Crippen LogP) is 2.59. The minimum absolute atomic E-state index is 0.0530. The summed E-state index contributed by atoms with van der Waals surface area (Å²) in [5.41, 5.74) is 1.89. The van der Waals surface area contributed by atoms with Crippen molar-refractivity contribution >= 4 is 35.5 Å². The minimum atomic E-state index is -0.867. The van der Waals surface area contributed by atoms with Crippen molar-refractivity contribution in [1.29, 1.82) is 5.26 Å². The molecule has 1 fully saturated rings. The Labute approximate surface area is 233 Å². The topological polar surface area (TPSA) is 144 Å². The Morgan fingerprint density at radius 3 is 2.77 bits per heavy atom. The summed E-state index contributed by atoms with van der Waals surface area (Å²) >= 11 is 0. The second-order valence-electron chi connectivity index (χ2n) is 9.51. The maximum atomic E-state index is 14.2. The average molecular weight is 555 g/mol. The van der Waals surface area contributed by atoms with Crippen LogP contribution in [0.15, 0.2) is 18.3 Å². The Bertz CT molecular complexity index is 1260. The molecule has 0 aliphatic carbocycles. The number of rotatable bonds is 12. The fourth-order valence-electron chi connectivity index (χ4n) is 4.36. The molecule has 0 bridgehead atoms. The van der Waals surface area contributed by atoms with Crippen molar-refractivity contribution in [2.75, 3.05) is 69.2 Å². The van der Waals surface area contributed by atoms with E-state index in [1.165, 1.54) is 17.2 Å². The minimum Gasteiger partial charge on any atom is -0.383 e. The van der Waals surface area contributed by atoms with Crippen LogP contribution in [-0.4, -0.2) is 97.7 Å². The van der Waals surface area contributed by atoms with Gasteiger partial charge in [0.2, 0.25) is 5.91 Å². The van der Waals surface area contributed by atoms with Crippen LogP contribution in [0, 0.1) is 18.3 Å². The number of aldehydes is 1. The number of aryl methyl sites for hydroxylation is 1. The summed E-state index contributed by atoms with van der Waals surface area (Å²) in [6.07, 6.45) is 2.18. The SMILES string of the molecule is CCC(CF)N(C(=O)Nc1cc(NCCOC)c(C#N)cn1)c1nc(C=O)c(CN2CCN(C)CC2=O)cc1C. The molecule has 1 unspecified atom stereocenters. The summed E-state index contributed by atoms with van der Waals surface area (Å²) in [6.45, 7) is 5.17. The monoisotopic (exact) mass is 554 g/mol. The lowest BCUT2D eigenvalue weighted by molar-refractivity contribution is -0.136. The maximum absolute atomic E-state index is 14.2. The molecule has 3 rings (SSSR count). The number of nitrogens with zero attached hydrogens (tertiary/aromatic N) is 6. The van der Waals surface area contributed by atoms with Crippen molar-refractivity contribution in [1.82, 2.24) is 19.8 Å². The van der Waals surface area contributed by atoms with Crippen LogP contribution in [0.25, 0.3) is 0 Å². The van der Waals surface area contributed by atoms with Crippen molar-refractivity contribution in [2.24, 2.45) is 0 Å². The molecule has 0 saturated carbocycles. The number of amides is 3. The van der Waals surface area contributed by atoms with Gasteiger partial charge in [0.1, 0.15) is 30.1 Å². The van der Waals surface area contributed by atoms with Gasteiger partial charge in [-0.1, -0.05) is 6.92 Å². The number of nitrogens with one attached hydrogen (secondary N) is 2. The first-order chi connectivity index (χ1) is 19.3. The van der Waals surface area contributed by atoms with Crippen LogP contribution in [0.3, 0.4) is 0 Å². The molecular formula is C27H35FN8O4. The third-order valence-corrected chi connectivity index (χ3v) is 6.62. The lowest BCUT2D eigenvalue weighted by Crippen LogP contribution is -2.48. The van der Waals surface area contributed by atoms with Crippen LogP contribution in [0.1, 0.15) is 40.5 Å². The summed E-state index contributed by atoms with van der Waals surface area (Å²) in [5, 5.41) is 15.1. The molecule has 2 N–H and O–H groups in total. The number of hydrogen-bond donors (Lipinski definition) is 2. The van der Waals surface area contributed by atoms with Gasteiger partial charge in [0, 0.05) is 51.1 Å². The molecule has 214 valence electrons. The number of pyridine rings is 2. The quantitative estimate of drug-likeness (QED) is 0.299. The second kappa shape index (κ2) is 14.3. The number of aromatic nitrogens is 2. The van der Waals surface area contributed by atoms with Crippen molar-refractivity contribution in [3.63, 3.8) is 0 Å². The molecule has 1 aliphatic rings. The van der Waals surface area contributed by atoms with Gasteiger partial charge in [0.25, 0.3) is 0 Å². The number of anilines is 3. The van der Waals surface area contributed by atoms with E-state index < -0.39 is 18.7 Å². The molecule has 3 heterocycles. The van der Waals surface area contributed by atoms with Gasteiger partial charge < -0.3 is 15.0 Å². The van der Waals surface area contributed by atoms with E-state index in [1.54, 1.807) is 31.9 Å². The fourth-order valence-corrected chi connectivity index (χ4v) is 4.36. The third-order valence-electron chi connectivity index (χ3n) is 6.62. The number of alkyl halides is 1. The molecule has 1 saturated heterocycles. The van der Waals surface area contributed by atoms with E-state index in [1.807, 2.05) is 18.0 Å². The molecule has 2 aromatic rings. The van der Waals surface area contributed by atoms with E-state index in [9.17, 15) is 24.0 Å². The Kier molecular flexibility index (Phi) is 10.9. The number of carbonyl (C=O) groups excluding carboxylic acids is 3. The molecule has 12 nitrogen and oxygen atoms in total. The highest BCUT2D eigenvalue weighted by molar-refractivity contribution is 6.02. The van der Waals surface area contributed by atoms with Crippen LogP contribution in [-0.2, 0) is 16.1 Å². The standard InChI is InChI=1S/C27H35FN8O4/c1-5-21(12-28)36(27(39)33-24-11-22(30-6-9-40-4)20(13-29)14-31-24)26-18(2)10-19(23(17-37)32-26)15-35-8-7-34(3)16-25(35)38/h10-11,14,17,21H,5-9,12,15-16H2,1-4H3,(H2,30,31,33,39). The summed E-state index contributed by atoms with van der Waals surface area (Å²) < 4.78 is 19.2. The highest BCUT2D eigenvalue weighted by atomic mass is 19.1. The summed E-state index contributed by atoms with van der Waals surface area (Å²) in [5.74, 6) is 0.216. The summed E-state index contributed by atoms with van der Waals surface area (Å²) in [6, 6.07) is 3.69. The molecule has 0 aromatic carbocycles.